The lowest BCUT2D eigenvalue weighted by Gasteiger charge is -2.33. The number of benzene rings is 6. The highest BCUT2D eigenvalue weighted by atomic mass is 16.5. The molecule has 2 aliphatic rings. The van der Waals surface area contributed by atoms with Crippen LogP contribution in [0.3, 0.4) is 0 Å². The maximum atomic E-state index is 12.7. The Kier molecular flexibility index (Phi) is 13.3. The van der Waals surface area contributed by atoms with E-state index in [-0.39, 0.29) is 68.3 Å². The molecule has 6 heteroatoms. The van der Waals surface area contributed by atoms with Crippen LogP contribution in [-0.4, -0.2) is 27.5 Å². The van der Waals surface area contributed by atoms with Crippen molar-refractivity contribution < 1.29 is 29.9 Å². The predicted octanol–water partition coefficient (Wildman–Crippen LogP) is 16.3. The highest BCUT2D eigenvalue weighted by molar-refractivity contribution is 5.67. The number of ether oxygens (including phenoxy) is 2. The van der Waals surface area contributed by atoms with E-state index in [2.05, 4.69) is 191 Å². The smallest absolute Gasteiger partial charge is 0.138 e. The molecule has 0 unspecified atom stereocenters. The molecule has 0 saturated heterocycles. The van der Waals surface area contributed by atoms with Gasteiger partial charge in [-0.2, -0.15) is 0 Å². The van der Waals surface area contributed by atoms with E-state index >= 15 is 0 Å². The summed E-state index contributed by atoms with van der Waals surface area (Å²) >= 11 is 0. The summed E-state index contributed by atoms with van der Waals surface area (Å²) in [5.41, 5.74) is 14.7. The monoisotopic (exact) mass is 985 g/mol. The van der Waals surface area contributed by atoms with Crippen LogP contribution in [0.4, 0.5) is 0 Å². The summed E-state index contributed by atoms with van der Waals surface area (Å²) in [7, 11) is 1.75. The van der Waals surface area contributed by atoms with Crippen molar-refractivity contribution in [2.45, 2.75) is 196 Å². The lowest BCUT2D eigenvalue weighted by Crippen LogP contribution is -2.19. The third kappa shape index (κ3) is 10.6. The van der Waals surface area contributed by atoms with Gasteiger partial charge >= 0.3 is 0 Å². The Morgan fingerprint density at radius 1 is 0.315 bits per heavy atom. The first-order chi connectivity index (χ1) is 33.5. The fraction of sp³-hybridized carbons (Fsp3) is 0.463. The molecule has 388 valence electrons. The lowest BCUT2D eigenvalue weighted by molar-refractivity contribution is 0.380. The molecule has 2 heterocycles. The van der Waals surface area contributed by atoms with Gasteiger partial charge < -0.3 is 29.9 Å². The summed E-state index contributed by atoms with van der Waals surface area (Å²) in [6.45, 7) is 39.6. The molecule has 8 rings (SSSR count). The number of aromatic hydroxyl groups is 4. The first kappa shape index (κ1) is 53.4. The Hall–Kier alpha value is -5.88. The summed E-state index contributed by atoms with van der Waals surface area (Å²) in [6, 6.07) is 23.6. The van der Waals surface area contributed by atoms with Gasteiger partial charge in [-0.3, -0.25) is 0 Å². The number of fused-ring (bicyclic) bond motifs is 8. The van der Waals surface area contributed by atoms with Crippen LogP contribution in [0.5, 0.6) is 40.2 Å². The van der Waals surface area contributed by atoms with Crippen molar-refractivity contribution in [2.24, 2.45) is 0 Å². The van der Waals surface area contributed by atoms with Crippen molar-refractivity contribution in [1.29, 1.82) is 0 Å². The van der Waals surface area contributed by atoms with E-state index in [1.165, 1.54) is 5.56 Å². The molecule has 2 aliphatic heterocycles. The van der Waals surface area contributed by atoms with Crippen molar-refractivity contribution >= 4 is 0 Å². The number of phenolic OH excluding ortho intramolecular Hbond substituents is 4. The van der Waals surface area contributed by atoms with Gasteiger partial charge in [-0.25, -0.2) is 0 Å². The highest BCUT2D eigenvalue weighted by Crippen LogP contribution is 2.52. The molecule has 0 atom stereocenters. The van der Waals surface area contributed by atoms with Crippen LogP contribution in [0, 0.1) is 0 Å². The number of phenols is 4. The normalized spacial score (nSPS) is 14.5. The van der Waals surface area contributed by atoms with Gasteiger partial charge in [-0.1, -0.05) is 185 Å². The second-order valence-corrected chi connectivity index (χ2v) is 27.8. The average molecular weight is 985 g/mol. The predicted molar refractivity (Wildman–Crippen MR) is 301 cm³/mol. The summed E-state index contributed by atoms with van der Waals surface area (Å²) in [6.07, 6.45) is 2.20. The van der Waals surface area contributed by atoms with Crippen molar-refractivity contribution in [3.05, 3.63) is 167 Å². The second-order valence-electron chi connectivity index (χ2n) is 27.8. The van der Waals surface area contributed by atoms with Gasteiger partial charge in [-0.05, 0) is 116 Å². The maximum absolute atomic E-state index is 12.7. The summed E-state index contributed by atoms with van der Waals surface area (Å²) in [5, 5.41) is 50.5. The minimum absolute atomic E-state index is 0.149. The summed E-state index contributed by atoms with van der Waals surface area (Å²) < 4.78 is 13.8. The third-order valence-electron chi connectivity index (χ3n) is 15.5. The molecule has 0 radical (unpaired) electrons. The van der Waals surface area contributed by atoms with Gasteiger partial charge in [0.25, 0.3) is 0 Å². The van der Waals surface area contributed by atoms with Crippen LogP contribution in [-0.2, 0) is 71.0 Å². The van der Waals surface area contributed by atoms with Gasteiger partial charge in [-0.15, -0.1) is 0 Å². The van der Waals surface area contributed by atoms with Crippen LogP contribution in [0.25, 0.3) is 0 Å². The molecule has 6 aromatic carbocycles. The molecule has 0 saturated carbocycles. The molecule has 6 aromatic rings. The minimum Gasteiger partial charge on any atom is -0.507 e. The molecule has 6 nitrogen and oxygen atoms in total. The van der Waals surface area contributed by atoms with E-state index in [9.17, 15) is 20.4 Å². The van der Waals surface area contributed by atoms with Crippen LogP contribution in [0.15, 0.2) is 66.7 Å². The van der Waals surface area contributed by atoms with Gasteiger partial charge in [0.05, 0.1) is 7.11 Å². The van der Waals surface area contributed by atoms with Gasteiger partial charge in [0, 0.05) is 60.8 Å². The van der Waals surface area contributed by atoms with E-state index in [0.29, 0.717) is 47.9 Å². The number of hydrogen-bond donors (Lipinski definition) is 4. The zero-order valence-electron chi connectivity index (χ0n) is 47.7. The zero-order valence-corrected chi connectivity index (χ0v) is 47.7. The van der Waals surface area contributed by atoms with Gasteiger partial charge in [0.1, 0.15) is 40.2 Å². The molecule has 0 fully saturated rings. The lowest BCUT2D eigenvalue weighted by atomic mass is 9.78. The van der Waals surface area contributed by atoms with Crippen molar-refractivity contribution in [1.82, 2.24) is 0 Å². The third-order valence-corrected chi connectivity index (χ3v) is 15.5. The second kappa shape index (κ2) is 18.2. The van der Waals surface area contributed by atoms with Crippen LogP contribution in [0.1, 0.15) is 225 Å². The van der Waals surface area contributed by atoms with Gasteiger partial charge in [0.15, 0.2) is 0 Å². The molecule has 73 heavy (non-hydrogen) atoms. The van der Waals surface area contributed by atoms with Crippen molar-refractivity contribution in [3.63, 3.8) is 0 Å². The van der Waals surface area contributed by atoms with Crippen LogP contribution >= 0.6 is 0 Å². The minimum atomic E-state index is -0.289. The molecule has 0 aliphatic carbocycles. The molecular formula is C67H84O6. The van der Waals surface area contributed by atoms with E-state index in [0.717, 1.165) is 89.6 Å². The Bertz CT molecular complexity index is 3160. The van der Waals surface area contributed by atoms with E-state index in [1.807, 2.05) is 0 Å². The van der Waals surface area contributed by atoms with Gasteiger partial charge in [0.2, 0.25) is 0 Å². The molecule has 0 spiro atoms. The Labute approximate surface area is 437 Å². The molecule has 0 amide bonds. The Morgan fingerprint density at radius 2 is 0.548 bits per heavy atom. The Balaban J connectivity index is 1.49. The molecule has 4 N–H and O–H groups in total. The maximum Gasteiger partial charge on any atom is 0.138 e. The largest absolute Gasteiger partial charge is 0.507 e. The number of rotatable bonds is 1. The standard InChI is InChI=1S/C67H84O6/c1-62(2,3)48-25-37-20-38-26-49(63(4,5)6)28-40(56(38)69)22-42-30-51(65(10,11)12)32-44(58(42)71)24-46-36-54(67(16,17)18)61(72-19)53-35-47-34-52(66(13,14)15)33-45(59(47)73-60(46)53)23-43-31-50(64(7,8)9)29-41(57(43)70)21-39(27-48)55(37)68/h25-34,36,68-71H,20-24,35H2,1-19H3. The average Bonchev–Trinajstić information content (AvgIpc) is 3.25. The first-order valence-electron chi connectivity index (χ1n) is 26.5. The first-order valence-corrected chi connectivity index (χ1v) is 26.5. The quantitative estimate of drug-likeness (QED) is 0.131. The van der Waals surface area contributed by atoms with Crippen LogP contribution in [0.2, 0.25) is 0 Å². The van der Waals surface area contributed by atoms with Crippen molar-refractivity contribution in [2.75, 3.05) is 7.11 Å². The van der Waals surface area contributed by atoms with Crippen LogP contribution < -0.4 is 9.47 Å². The topological polar surface area (TPSA) is 99.4 Å². The zero-order chi connectivity index (χ0) is 53.9. The van der Waals surface area contributed by atoms with Crippen molar-refractivity contribution in [3.8, 4) is 40.2 Å². The number of methoxy groups -OCH3 is 1. The van der Waals surface area contributed by atoms with E-state index < -0.39 is 0 Å². The molecule has 10 bridgehead atoms. The summed E-state index contributed by atoms with van der Waals surface area (Å²) in [4.78, 5) is 0. The fourth-order valence-electron chi connectivity index (χ4n) is 10.7. The summed E-state index contributed by atoms with van der Waals surface area (Å²) in [5.74, 6) is 3.00. The van der Waals surface area contributed by atoms with E-state index in [4.69, 9.17) is 9.47 Å². The fourth-order valence-corrected chi connectivity index (χ4v) is 10.7. The molecular weight excluding hydrogens is 901 g/mol. The van der Waals surface area contributed by atoms with E-state index in [1.54, 1.807) is 7.11 Å². The SMILES string of the molecule is COc1c(C(C)(C)C)cc2c3c1Cc1cc(C(C)(C)C)cc(c1O3)Cc1cc(C(C)(C)C)cc(c1O)Cc1cc(C(C)(C)C)cc(c1O)Cc1cc(C(C)(C)C)cc(c1O)Cc1cc(C(C)(C)C)cc(c1O)C2. The molecule has 0 aromatic heterocycles. The Morgan fingerprint density at radius 3 is 0.795 bits per heavy atom. The highest BCUT2D eigenvalue weighted by Gasteiger charge is 2.34. The number of hydrogen-bond acceptors (Lipinski definition) is 6.